The van der Waals surface area contributed by atoms with Crippen LogP contribution in [0.5, 0.6) is 0 Å². The average molecular weight is 162 g/mol. The molecule has 1 heterocycles. The zero-order chi connectivity index (χ0) is 9.14. The number of rotatable bonds is 2. The second kappa shape index (κ2) is 3.39. The molecule has 0 spiro atoms. The fourth-order valence-corrected chi connectivity index (χ4v) is 1.09. The van der Waals surface area contributed by atoms with Gasteiger partial charge in [-0.1, -0.05) is 12.2 Å². The third kappa shape index (κ3) is 1.84. The number of allylic oxidation sites excluding steroid dienone is 1. The van der Waals surface area contributed by atoms with Crippen molar-refractivity contribution in [2.45, 2.75) is 20.8 Å². The van der Waals surface area contributed by atoms with Gasteiger partial charge >= 0.3 is 0 Å². The van der Waals surface area contributed by atoms with Gasteiger partial charge in [-0.05, 0) is 32.9 Å². The molecular formula is C10H14N2. The number of aromatic nitrogens is 2. The zero-order valence-electron chi connectivity index (χ0n) is 7.83. The van der Waals surface area contributed by atoms with Gasteiger partial charge in [0, 0.05) is 6.20 Å². The summed E-state index contributed by atoms with van der Waals surface area (Å²) in [6.07, 6.45) is 3.80. The van der Waals surface area contributed by atoms with Gasteiger partial charge in [-0.15, -0.1) is 0 Å². The molecule has 64 valence electrons. The quantitative estimate of drug-likeness (QED) is 0.653. The first-order valence-corrected chi connectivity index (χ1v) is 3.97. The van der Waals surface area contributed by atoms with Gasteiger partial charge in [0.25, 0.3) is 0 Å². The summed E-state index contributed by atoms with van der Waals surface area (Å²) in [5, 5.41) is 4.24. The second-order valence-electron chi connectivity index (χ2n) is 3.06. The predicted octanol–water partition coefficient (Wildman–Crippen LogP) is 2.72. The lowest BCUT2D eigenvalue weighted by Gasteiger charge is -1.95. The minimum atomic E-state index is 1.02. The van der Waals surface area contributed by atoms with E-state index in [-0.39, 0.29) is 0 Å². The summed E-state index contributed by atoms with van der Waals surface area (Å²) in [5.74, 6) is 0. The lowest BCUT2D eigenvalue weighted by Crippen LogP contribution is -1.90. The maximum atomic E-state index is 4.24. The monoisotopic (exact) mass is 162 g/mol. The van der Waals surface area contributed by atoms with E-state index in [2.05, 4.69) is 31.6 Å². The van der Waals surface area contributed by atoms with E-state index in [0.717, 1.165) is 11.4 Å². The molecule has 12 heavy (non-hydrogen) atoms. The molecule has 0 atom stereocenters. The van der Waals surface area contributed by atoms with Crippen molar-refractivity contribution in [3.63, 3.8) is 0 Å². The zero-order valence-corrected chi connectivity index (χ0v) is 7.83. The minimum absolute atomic E-state index is 1.02. The summed E-state index contributed by atoms with van der Waals surface area (Å²) in [6, 6.07) is 2.04. The van der Waals surface area contributed by atoms with E-state index in [4.69, 9.17) is 0 Å². The van der Waals surface area contributed by atoms with Gasteiger partial charge in [0.2, 0.25) is 0 Å². The van der Waals surface area contributed by atoms with Gasteiger partial charge < -0.3 is 0 Å². The fraction of sp³-hybridized carbons (Fsp3) is 0.300. The molecule has 2 nitrogen and oxygen atoms in total. The Kier molecular flexibility index (Phi) is 2.48. The van der Waals surface area contributed by atoms with Crippen LogP contribution in [0.2, 0.25) is 0 Å². The lowest BCUT2D eigenvalue weighted by molar-refractivity contribution is 0.904. The van der Waals surface area contributed by atoms with E-state index in [1.165, 1.54) is 5.57 Å². The van der Waals surface area contributed by atoms with Crippen LogP contribution in [-0.4, -0.2) is 9.78 Å². The highest BCUT2D eigenvalue weighted by atomic mass is 15.3. The Labute approximate surface area is 73.2 Å². The predicted molar refractivity (Wildman–Crippen MR) is 52.7 cm³/mol. The average Bonchev–Trinajstić information content (AvgIpc) is 2.29. The molecule has 2 heteroatoms. The third-order valence-corrected chi connectivity index (χ3v) is 1.50. The molecule has 0 bridgehead atoms. The SMILES string of the molecule is C=Cn1nc(C)cc1C=C(C)C. The summed E-state index contributed by atoms with van der Waals surface area (Å²) in [7, 11) is 0. The molecule has 1 aromatic rings. The molecule has 0 fully saturated rings. The topological polar surface area (TPSA) is 17.8 Å². The van der Waals surface area contributed by atoms with Crippen molar-refractivity contribution in [1.82, 2.24) is 9.78 Å². The van der Waals surface area contributed by atoms with E-state index in [0.29, 0.717) is 0 Å². The van der Waals surface area contributed by atoms with Gasteiger partial charge in [-0.25, -0.2) is 4.68 Å². The molecule has 0 saturated carbocycles. The molecular weight excluding hydrogens is 148 g/mol. The molecule has 0 radical (unpaired) electrons. The van der Waals surface area contributed by atoms with Crippen molar-refractivity contribution in [2.24, 2.45) is 0 Å². The Morgan fingerprint density at radius 1 is 1.58 bits per heavy atom. The standard InChI is InChI=1S/C10H14N2/c1-5-12-10(6-8(2)3)7-9(4)11-12/h5-7H,1H2,2-4H3. The lowest BCUT2D eigenvalue weighted by atomic mass is 10.2. The summed E-state index contributed by atoms with van der Waals surface area (Å²) < 4.78 is 1.78. The molecule has 0 aliphatic carbocycles. The van der Waals surface area contributed by atoms with E-state index in [9.17, 15) is 0 Å². The minimum Gasteiger partial charge on any atom is -0.241 e. The number of hydrogen-bond acceptors (Lipinski definition) is 1. The van der Waals surface area contributed by atoms with E-state index < -0.39 is 0 Å². The van der Waals surface area contributed by atoms with Crippen LogP contribution in [-0.2, 0) is 0 Å². The van der Waals surface area contributed by atoms with Crippen LogP contribution < -0.4 is 0 Å². The summed E-state index contributed by atoms with van der Waals surface area (Å²) in [6.45, 7) is 9.79. The van der Waals surface area contributed by atoms with Crippen LogP contribution in [0.25, 0.3) is 12.3 Å². The second-order valence-corrected chi connectivity index (χ2v) is 3.06. The van der Waals surface area contributed by atoms with E-state index in [1.807, 2.05) is 13.0 Å². The van der Waals surface area contributed by atoms with Crippen LogP contribution in [0, 0.1) is 6.92 Å². The van der Waals surface area contributed by atoms with Crippen LogP contribution in [0.1, 0.15) is 25.2 Å². The number of aryl methyl sites for hydroxylation is 1. The van der Waals surface area contributed by atoms with Crippen molar-refractivity contribution >= 4 is 12.3 Å². The maximum Gasteiger partial charge on any atom is 0.0663 e. The van der Waals surface area contributed by atoms with E-state index >= 15 is 0 Å². The van der Waals surface area contributed by atoms with Gasteiger partial charge in [-0.2, -0.15) is 5.10 Å². The first kappa shape index (κ1) is 8.78. The van der Waals surface area contributed by atoms with Crippen molar-refractivity contribution in [3.05, 3.63) is 29.6 Å². The molecule has 0 aliphatic heterocycles. The van der Waals surface area contributed by atoms with Crippen LogP contribution in [0.4, 0.5) is 0 Å². The van der Waals surface area contributed by atoms with Crippen LogP contribution >= 0.6 is 0 Å². The largest absolute Gasteiger partial charge is 0.241 e. The number of nitrogens with zero attached hydrogens (tertiary/aromatic N) is 2. The third-order valence-electron chi connectivity index (χ3n) is 1.50. The molecule has 1 rings (SSSR count). The highest BCUT2D eigenvalue weighted by Crippen LogP contribution is 2.08. The Morgan fingerprint density at radius 3 is 2.75 bits per heavy atom. The van der Waals surface area contributed by atoms with Gasteiger partial charge in [0.1, 0.15) is 0 Å². The molecule has 0 aliphatic rings. The first-order valence-electron chi connectivity index (χ1n) is 3.97. The smallest absolute Gasteiger partial charge is 0.0663 e. The van der Waals surface area contributed by atoms with E-state index in [1.54, 1.807) is 10.9 Å². The van der Waals surface area contributed by atoms with Gasteiger partial charge in [-0.3, -0.25) is 0 Å². The fourth-order valence-electron chi connectivity index (χ4n) is 1.09. The Balaban J connectivity index is 3.13. The van der Waals surface area contributed by atoms with Crippen LogP contribution in [0.3, 0.4) is 0 Å². The Morgan fingerprint density at radius 2 is 2.25 bits per heavy atom. The van der Waals surface area contributed by atoms with Crippen molar-refractivity contribution in [3.8, 4) is 0 Å². The highest BCUT2D eigenvalue weighted by molar-refractivity contribution is 5.51. The molecule has 0 saturated heterocycles. The van der Waals surface area contributed by atoms with Crippen LogP contribution in [0.15, 0.2) is 18.2 Å². The van der Waals surface area contributed by atoms with Crippen molar-refractivity contribution < 1.29 is 0 Å². The van der Waals surface area contributed by atoms with Gasteiger partial charge in [0.15, 0.2) is 0 Å². The molecule has 1 aromatic heterocycles. The number of hydrogen-bond donors (Lipinski definition) is 0. The first-order chi connectivity index (χ1) is 5.63. The maximum absolute atomic E-state index is 4.24. The molecule has 0 aromatic carbocycles. The van der Waals surface area contributed by atoms with Crippen molar-refractivity contribution in [1.29, 1.82) is 0 Å². The molecule has 0 N–H and O–H groups in total. The normalized spacial score (nSPS) is 9.58. The summed E-state index contributed by atoms with van der Waals surface area (Å²) in [4.78, 5) is 0. The molecule has 0 unspecified atom stereocenters. The highest BCUT2D eigenvalue weighted by Gasteiger charge is 1.98. The Hall–Kier alpha value is -1.31. The molecule has 0 amide bonds. The van der Waals surface area contributed by atoms with Crippen molar-refractivity contribution in [2.75, 3.05) is 0 Å². The summed E-state index contributed by atoms with van der Waals surface area (Å²) in [5.41, 5.74) is 3.36. The summed E-state index contributed by atoms with van der Waals surface area (Å²) >= 11 is 0. The Bertz CT molecular complexity index is 315. The van der Waals surface area contributed by atoms with Gasteiger partial charge in [0.05, 0.1) is 11.4 Å².